The van der Waals surface area contributed by atoms with Crippen molar-refractivity contribution in [3.8, 4) is 0 Å². The van der Waals surface area contributed by atoms with Crippen LogP contribution in [0.4, 0.5) is 0 Å². The molecular weight excluding hydrogens is 160 g/mol. The molecule has 0 saturated heterocycles. The molecule has 0 N–H and O–H groups in total. The molecule has 0 radical (unpaired) electrons. The maximum Gasteiger partial charge on any atom is 0.152 e. The van der Waals surface area contributed by atoms with Gasteiger partial charge in [-0.3, -0.25) is 4.79 Å². The Morgan fingerprint density at radius 2 is 1.62 bits per heavy atom. The van der Waals surface area contributed by atoms with E-state index in [1.165, 1.54) is 44.9 Å². The van der Waals surface area contributed by atoms with Crippen LogP contribution in [0.1, 0.15) is 51.9 Å². The average molecular weight is 180 g/mol. The Balaban J connectivity index is 2.33. The van der Waals surface area contributed by atoms with Gasteiger partial charge in [-0.2, -0.15) is 0 Å². The Bertz CT molecular complexity index is 174. The monoisotopic (exact) mass is 180 g/mol. The predicted molar refractivity (Wildman–Crippen MR) is 55.6 cm³/mol. The molecule has 0 atom stereocenters. The minimum Gasteiger partial charge on any atom is -0.295 e. The van der Waals surface area contributed by atoms with Crippen molar-refractivity contribution >= 4 is 5.78 Å². The van der Waals surface area contributed by atoms with Crippen molar-refractivity contribution in [3.05, 3.63) is 12.2 Å². The maximum atomic E-state index is 10.8. The molecule has 0 amide bonds. The number of carbonyl (C=O) groups is 1. The fraction of sp³-hybridized carbons (Fsp3) is 0.750. The summed E-state index contributed by atoms with van der Waals surface area (Å²) >= 11 is 0. The summed E-state index contributed by atoms with van der Waals surface area (Å²) in [5, 5.41) is 0. The van der Waals surface area contributed by atoms with Crippen LogP contribution in [0, 0.1) is 5.92 Å². The first-order valence-corrected chi connectivity index (χ1v) is 5.48. The van der Waals surface area contributed by atoms with Gasteiger partial charge in [0, 0.05) is 0 Å². The zero-order valence-corrected chi connectivity index (χ0v) is 8.59. The van der Waals surface area contributed by atoms with Crippen molar-refractivity contribution < 1.29 is 4.79 Å². The number of ketones is 1. The Hall–Kier alpha value is -0.590. The fourth-order valence-corrected chi connectivity index (χ4v) is 1.95. The summed E-state index contributed by atoms with van der Waals surface area (Å²) in [5.74, 6) is 0.853. The summed E-state index contributed by atoms with van der Waals surface area (Å²) in [5.41, 5.74) is 0. The third-order valence-electron chi connectivity index (χ3n) is 2.75. The van der Waals surface area contributed by atoms with Gasteiger partial charge in [-0.15, -0.1) is 0 Å². The second-order valence-corrected chi connectivity index (χ2v) is 4.07. The average Bonchev–Trinajstić information content (AvgIpc) is 2.01. The Morgan fingerprint density at radius 3 is 2.15 bits per heavy atom. The van der Waals surface area contributed by atoms with E-state index >= 15 is 0 Å². The first-order chi connectivity index (χ1) is 6.29. The van der Waals surface area contributed by atoms with Crippen molar-refractivity contribution in [1.82, 2.24) is 0 Å². The molecule has 0 aromatic rings. The molecule has 1 heteroatoms. The smallest absolute Gasteiger partial charge is 0.152 e. The molecular formula is C12H20O. The Labute approximate surface area is 81.2 Å². The second-order valence-electron chi connectivity index (χ2n) is 4.07. The van der Waals surface area contributed by atoms with Crippen LogP contribution in [0.2, 0.25) is 0 Å². The molecule has 0 spiro atoms. The van der Waals surface area contributed by atoms with E-state index in [1.807, 2.05) is 0 Å². The molecule has 1 saturated carbocycles. The van der Waals surface area contributed by atoms with Crippen LogP contribution in [0.15, 0.2) is 12.2 Å². The third kappa shape index (κ3) is 4.87. The molecule has 0 aromatic carbocycles. The van der Waals surface area contributed by atoms with Gasteiger partial charge in [-0.25, -0.2) is 0 Å². The standard InChI is InChI=1S/C12H20O/c1-11(13)9-10-12-7-5-3-2-4-6-8-12/h9-10,12H,2-8H2,1H3/b10-9+. The number of hydrogen-bond acceptors (Lipinski definition) is 1. The summed E-state index contributed by atoms with van der Waals surface area (Å²) in [6, 6.07) is 0. The number of rotatable bonds is 2. The maximum absolute atomic E-state index is 10.8. The predicted octanol–water partition coefficient (Wildman–Crippen LogP) is 3.49. The van der Waals surface area contributed by atoms with Crippen molar-refractivity contribution in [2.75, 3.05) is 0 Å². The van der Waals surface area contributed by atoms with Crippen molar-refractivity contribution in [2.24, 2.45) is 5.92 Å². The van der Waals surface area contributed by atoms with Crippen molar-refractivity contribution in [3.63, 3.8) is 0 Å². The zero-order valence-electron chi connectivity index (χ0n) is 8.59. The quantitative estimate of drug-likeness (QED) is 0.594. The Morgan fingerprint density at radius 1 is 1.08 bits per heavy atom. The van der Waals surface area contributed by atoms with E-state index in [9.17, 15) is 4.79 Å². The van der Waals surface area contributed by atoms with E-state index in [0.717, 1.165) is 0 Å². The zero-order chi connectivity index (χ0) is 9.52. The number of allylic oxidation sites excluding steroid dienone is 2. The van der Waals surface area contributed by atoms with Gasteiger partial charge in [0.2, 0.25) is 0 Å². The van der Waals surface area contributed by atoms with Crippen LogP contribution < -0.4 is 0 Å². The summed E-state index contributed by atoms with van der Waals surface area (Å²) in [6.45, 7) is 1.62. The van der Waals surface area contributed by atoms with Crippen LogP contribution in [0.25, 0.3) is 0 Å². The largest absolute Gasteiger partial charge is 0.295 e. The molecule has 1 aliphatic carbocycles. The second kappa shape index (κ2) is 5.95. The van der Waals surface area contributed by atoms with Crippen molar-refractivity contribution in [1.29, 1.82) is 0 Å². The van der Waals surface area contributed by atoms with Crippen LogP contribution in [0.5, 0.6) is 0 Å². The molecule has 0 aromatic heterocycles. The van der Waals surface area contributed by atoms with Crippen LogP contribution >= 0.6 is 0 Å². The Kier molecular flexibility index (Phi) is 4.81. The molecule has 0 bridgehead atoms. The van der Waals surface area contributed by atoms with E-state index in [4.69, 9.17) is 0 Å². The van der Waals surface area contributed by atoms with E-state index in [-0.39, 0.29) is 5.78 Å². The molecule has 0 heterocycles. The topological polar surface area (TPSA) is 17.1 Å². The highest BCUT2D eigenvalue weighted by Gasteiger charge is 2.07. The van der Waals surface area contributed by atoms with Gasteiger partial charge in [0.05, 0.1) is 0 Å². The molecule has 1 nitrogen and oxygen atoms in total. The van der Waals surface area contributed by atoms with E-state index < -0.39 is 0 Å². The lowest BCUT2D eigenvalue weighted by Crippen LogP contribution is -2.01. The van der Waals surface area contributed by atoms with Gasteiger partial charge >= 0.3 is 0 Å². The van der Waals surface area contributed by atoms with E-state index in [1.54, 1.807) is 13.0 Å². The molecule has 1 fully saturated rings. The van der Waals surface area contributed by atoms with Gasteiger partial charge in [0.25, 0.3) is 0 Å². The van der Waals surface area contributed by atoms with Gasteiger partial charge in [0.15, 0.2) is 5.78 Å². The highest BCUT2D eigenvalue weighted by atomic mass is 16.1. The molecule has 0 aliphatic heterocycles. The number of carbonyl (C=O) groups excluding carboxylic acids is 1. The minimum atomic E-state index is 0.182. The first kappa shape index (κ1) is 10.5. The highest BCUT2D eigenvalue weighted by molar-refractivity contribution is 5.87. The molecule has 1 aliphatic rings. The van der Waals surface area contributed by atoms with Crippen molar-refractivity contribution in [2.45, 2.75) is 51.9 Å². The SMILES string of the molecule is CC(=O)/C=C/C1CCCCCCC1. The highest BCUT2D eigenvalue weighted by Crippen LogP contribution is 2.22. The van der Waals surface area contributed by atoms with Crippen LogP contribution in [-0.4, -0.2) is 5.78 Å². The lowest BCUT2D eigenvalue weighted by atomic mass is 9.91. The van der Waals surface area contributed by atoms with Gasteiger partial charge in [-0.05, 0) is 31.8 Å². The first-order valence-electron chi connectivity index (χ1n) is 5.48. The summed E-state index contributed by atoms with van der Waals surface area (Å²) in [6.07, 6.45) is 13.3. The van der Waals surface area contributed by atoms with Crippen LogP contribution in [-0.2, 0) is 4.79 Å². The van der Waals surface area contributed by atoms with Gasteiger partial charge in [-0.1, -0.05) is 38.2 Å². The summed E-state index contributed by atoms with van der Waals surface area (Å²) in [7, 11) is 0. The van der Waals surface area contributed by atoms with Crippen LogP contribution in [0.3, 0.4) is 0 Å². The molecule has 13 heavy (non-hydrogen) atoms. The fourth-order valence-electron chi connectivity index (χ4n) is 1.95. The minimum absolute atomic E-state index is 0.182. The third-order valence-corrected chi connectivity index (χ3v) is 2.75. The lowest BCUT2D eigenvalue weighted by molar-refractivity contribution is -0.112. The van der Waals surface area contributed by atoms with E-state index in [0.29, 0.717) is 5.92 Å². The summed E-state index contributed by atoms with van der Waals surface area (Å²) in [4.78, 5) is 10.8. The molecule has 74 valence electrons. The summed E-state index contributed by atoms with van der Waals surface area (Å²) < 4.78 is 0. The van der Waals surface area contributed by atoms with Gasteiger partial charge in [0.1, 0.15) is 0 Å². The van der Waals surface area contributed by atoms with E-state index in [2.05, 4.69) is 6.08 Å². The lowest BCUT2D eigenvalue weighted by Gasteiger charge is -2.15. The van der Waals surface area contributed by atoms with Gasteiger partial charge < -0.3 is 0 Å². The normalized spacial score (nSPS) is 21.3. The molecule has 1 rings (SSSR count). The molecule has 0 unspecified atom stereocenters. The number of hydrogen-bond donors (Lipinski definition) is 0.